The van der Waals surface area contributed by atoms with Crippen LogP contribution in [0.5, 0.6) is 0 Å². The lowest BCUT2D eigenvalue weighted by Crippen LogP contribution is -2.48. The lowest BCUT2D eigenvalue weighted by atomic mass is 10.2. The molecular formula is C17H23ClF3N3OS. The van der Waals surface area contributed by atoms with Crippen LogP contribution in [0.4, 0.5) is 18.9 Å². The number of thioether (sulfide) groups is 1. The Morgan fingerprint density at radius 2 is 1.77 bits per heavy atom. The van der Waals surface area contributed by atoms with Crippen LogP contribution in [0.1, 0.15) is 12.8 Å². The minimum absolute atomic E-state index is 0. The van der Waals surface area contributed by atoms with E-state index in [1.165, 1.54) is 6.07 Å². The number of anilines is 1. The summed E-state index contributed by atoms with van der Waals surface area (Å²) < 4.78 is 37.6. The number of amides is 1. The van der Waals surface area contributed by atoms with Gasteiger partial charge in [0.1, 0.15) is 0 Å². The van der Waals surface area contributed by atoms with Gasteiger partial charge in [-0.15, -0.1) is 12.4 Å². The van der Waals surface area contributed by atoms with Crippen LogP contribution < -0.4 is 4.90 Å². The fraction of sp³-hybridized carbons (Fsp3) is 0.588. The van der Waals surface area contributed by atoms with Gasteiger partial charge >= 0.3 is 5.51 Å². The van der Waals surface area contributed by atoms with E-state index >= 15 is 0 Å². The van der Waals surface area contributed by atoms with Crippen molar-refractivity contribution in [3.05, 3.63) is 24.3 Å². The number of likely N-dealkylation sites (tertiary alicyclic amines) is 1. The van der Waals surface area contributed by atoms with Crippen LogP contribution in [0, 0.1) is 0 Å². The topological polar surface area (TPSA) is 26.8 Å². The molecule has 2 fully saturated rings. The Bertz CT molecular complexity index is 609. The molecule has 0 aromatic heterocycles. The van der Waals surface area contributed by atoms with Crippen LogP contribution in [0.2, 0.25) is 0 Å². The quantitative estimate of drug-likeness (QED) is 0.696. The second-order valence-corrected chi connectivity index (χ2v) is 7.50. The summed E-state index contributed by atoms with van der Waals surface area (Å²) in [5.74, 6) is 0.248. The molecule has 2 aliphatic rings. The van der Waals surface area contributed by atoms with Gasteiger partial charge < -0.3 is 9.80 Å². The number of hydrogen-bond donors (Lipinski definition) is 0. The molecule has 1 aromatic carbocycles. The second-order valence-electron chi connectivity index (χ2n) is 6.36. The maximum atomic E-state index is 12.5. The molecule has 0 aliphatic carbocycles. The molecule has 26 heavy (non-hydrogen) atoms. The third-order valence-corrected chi connectivity index (χ3v) is 5.37. The first-order valence-electron chi connectivity index (χ1n) is 8.52. The SMILES string of the molecule is Cl.O=C1CCCN1CCN1CCN(c2cccc(SC(F)(F)F)c2)CC1. The van der Waals surface area contributed by atoms with Gasteiger partial charge in [-0.3, -0.25) is 9.69 Å². The molecule has 3 rings (SSSR count). The lowest BCUT2D eigenvalue weighted by molar-refractivity contribution is -0.127. The minimum Gasteiger partial charge on any atom is -0.369 e. The van der Waals surface area contributed by atoms with E-state index in [0.29, 0.717) is 6.42 Å². The number of hydrogen-bond acceptors (Lipinski definition) is 4. The van der Waals surface area contributed by atoms with Crippen molar-refractivity contribution in [2.75, 3.05) is 50.7 Å². The predicted octanol–water partition coefficient (Wildman–Crippen LogP) is 3.46. The number of alkyl halides is 3. The molecule has 0 saturated carbocycles. The normalized spacial score (nSPS) is 19.0. The number of nitrogens with zero attached hydrogens (tertiary/aromatic N) is 3. The maximum absolute atomic E-state index is 12.5. The van der Waals surface area contributed by atoms with Crippen LogP contribution in [-0.2, 0) is 4.79 Å². The molecule has 4 nitrogen and oxygen atoms in total. The zero-order valence-corrected chi connectivity index (χ0v) is 16.0. The third kappa shape index (κ3) is 5.96. The van der Waals surface area contributed by atoms with Crippen molar-refractivity contribution in [2.45, 2.75) is 23.2 Å². The number of carbonyl (C=O) groups excluding carboxylic acids is 1. The number of rotatable bonds is 5. The van der Waals surface area contributed by atoms with E-state index in [9.17, 15) is 18.0 Å². The number of benzene rings is 1. The van der Waals surface area contributed by atoms with Crippen LogP contribution in [-0.4, -0.2) is 67.0 Å². The predicted molar refractivity (Wildman–Crippen MR) is 100 cm³/mol. The standard InChI is InChI=1S/C17H22F3N3OS.ClH/c18-17(19,20)25-15-4-1-3-14(13-15)22-10-7-21(8-11-22)9-12-23-6-2-5-16(23)24;/h1,3-4,13H,2,5-12H2;1H. The fourth-order valence-corrected chi connectivity index (χ4v) is 3.90. The summed E-state index contributed by atoms with van der Waals surface area (Å²) in [7, 11) is 0. The largest absolute Gasteiger partial charge is 0.446 e. The zero-order chi connectivity index (χ0) is 17.9. The molecule has 0 unspecified atom stereocenters. The van der Waals surface area contributed by atoms with E-state index in [2.05, 4.69) is 9.80 Å². The van der Waals surface area contributed by atoms with Crippen molar-refractivity contribution in [2.24, 2.45) is 0 Å². The van der Waals surface area contributed by atoms with Gasteiger partial charge in [-0.25, -0.2) is 0 Å². The van der Waals surface area contributed by atoms with Crippen LogP contribution in [0.25, 0.3) is 0 Å². The summed E-state index contributed by atoms with van der Waals surface area (Å²) in [6, 6.07) is 6.63. The highest BCUT2D eigenvalue weighted by Gasteiger charge is 2.29. The highest BCUT2D eigenvalue weighted by molar-refractivity contribution is 8.00. The van der Waals surface area contributed by atoms with E-state index in [-0.39, 0.29) is 35.0 Å². The van der Waals surface area contributed by atoms with Crippen LogP contribution in [0.3, 0.4) is 0 Å². The Balaban J connectivity index is 0.00000243. The summed E-state index contributed by atoms with van der Waals surface area (Å²) in [6.45, 7) is 5.79. The van der Waals surface area contributed by atoms with E-state index in [1.54, 1.807) is 12.1 Å². The summed E-state index contributed by atoms with van der Waals surface area (Å²) in [5.41, 5.74) is -3.42. The molecule has 0 radical (unpaired) electrons. The number of piperazine rings is 1. The average molecular weight is 410 g/mol. The van der Waals surface area contributed by atoms with Gasteiger partial charge in [-0.1, -0.05) is 6.07 Å². The first-order valence-corrected chi connectivity index (χ1v) is 9.33. The molecule has 2 aliphatic heterocycles. The van der Waals surface area contributed by atoms with Crippen LogP contribution >= 0.6 is 24.2 Å². The van der Waals surface area contributed by atoms with Gasteiger partial charge in [0.2, 0.25) is 5.91 Å². The Morgan fingerprint density at radius 1 is 1.04 bits per heavy atom. The van der Waals surface area contributed by atoms with E-state index in [4.69, 9.17) is 0 Å². The van der Waals surface area contributed by atoms with Crippen molar-refractivity contribution < 1.29 is 18.0 Å². The highest BCUT2D eigenvalue weighted by Crippen LogP contribution is 2.38. The van der Waals surface area contributed by atoms with E-state index < -0.39 is 5.51 Å². The molecule has 0 N–H and O–H groups in total. The number of carbonyl (C=O) groups is 1. The molecule has 0 atom stereocenters. The number of halogens is 4. The van der Waals surface area contributed by atoms with Crippen molar-refractivity contribution in [3.8, 4) is 0 Å². The highest BCUT2D eigenvalue weighted by atomic mass is 35.5. The van der Waals surface area contributed by atoms with E-state index in [1.807, 2.05) is 11.0 Å². The van der Waals surface area contributed by atoms with Crippen molar-refractivity contribution in [1.82, 2.24) is 9.80 Å². The van der Waals surface area contributed by atoms with Gasteiger partial charge in [-0.2, -0.15) is 13.2 Å². The van der Waals surface area contributed by atoms with Gasteiger partial charge in [0.05, 0.1) is 0 Å². The van der Waals surface area contributed by atoms with Crippen LogP contribution in [0.15, 0.2) is 29.2 Å². The Morgan fingerprint density at radius 3 is 2.38 bits per heavy atom. The van der Waals surface area contributed by atoms with Crippen molar-refractivity contribution in [1.29, 1.82) is 0 Å². The van der Waals surface area contributed by atoms with Gasteiger partial charge in [0.15, 0.2) is 0 Å². The van der Waals surface area contributed by atoms with Gasteiger partial charge in [0.25, 0.3) is 0 Å². The Labute approximate surface area is 162 Å². The van der Waals surface area contributed by atoms with Gasteiger partial charge in [0, 0.05) is 62.8 Å². The average Bonchev–Trinajstić information content (AvgIpc) is 2.97. The summed E-state index contributed by atoms with van der Waals surface area (Å²) in [4.78, 5) is 18.2. The molecule has 2 saturated heterocycles. The minimum atomic E-state index is -4.26. The third-order valence-electron chi connectivity index (χ3n) is 4.65. The molecule has 9 heteroatoms. The Hall–Kier alpha value is -1.12. The Kier molecular flexibility index (Phi) is 7.49. The van der Waals surface area contributed by atoms with Crippen molar-refractivity contribution in [3.63, 3.8) is 0 Å². The molecular weight excluding hydrogens is 387 g/mol. The zero-order valence-electron chi connectivity index (χ0n) is 14.4. The summed E-state index contributed by atoms with van der Waals surface area (Å²) in [6.07, 6.45) is 1.62. The van der Waals surface area contributed by atoms with Crippen molar-refractivity contribution >= 4 is 35.8 Å². The maximum Gasteiger partial charge on any atom is 0.446 e. The molecule has 1 amide bonds. The summed E-state index contributed by atoms with van der Waals surface area (Å²) >= 11 is -0.0727. The summed E-state index contributed by atoms with van der Waals surface area (Å²) in [5, 5.41) is 0. The lowest BCUT2D eigenvalue weighted by Gasteiger charge is -2.36. The monoisotopic (exact) mass is 409 g/mol. The fourth-order valence-electron chi connectivity index (χ4n) is 3.31. The first kappa shape index (κ1) is 21.2. The molecule has 0 spiro atoms. The molecule has 146 valence electrons. The van der Waals surface area contributed by atoms with Gasteiger partial charge in [-0.05, 0) is 36.4 Å². The first-order chi connectivity index (χ1) is 11.9. The molecule has 2 heterocycles. The smallest absolute Gasteiger partial charge is 0.369 e. The molecule has 0 bridgehead atoms. The molecule has 1 aromatic rings. The van der Waals surface area contributed by atoms with E-state index in [0.717, 1.165) is 57.9 Å². The second kappa shape index (κ2) is 9.19.